The Morgan fingerprint density at radius 1 is 1.25 bits per heavy atom. The van der Waals surface area contributed by atoms with Crippen molar-refractivity contribution >= 4 is 22.6 Å². The van der Waals surface area contributed by atoms with Crippen LogP contribution >= 0.6 is 22.6 Å². The molecule has 0 unspecified atom stereocenters. The van der Waals surface area contributed by atoms with E-state index in [9.17, 15) is 0 Å². The highest BCUT2D eigenvalue weighted by Gasteiger charge is 1.93. The van der Waals surface area contributed by atoms with Crippen LogP contribution in [-0.2, 0) is 6.42 Å². The Kier molecular flexibility index (Phi) is 4.43. The maximum atomic E-state index is 5.07. The van der Waals surface area contributed by atoms with Crippen LogP contribution in [0.5, 0.6) is 5.75 Å². The monoisotopic (exact) mass is 276 g/mol. The fourth-order valence-electron chi connectivity index (χ4n) is 1.06. The molecule has 2 heteroatoms. The first-order valence-electron chi connectivity index (χ1n) is 4.05. The van der Waals surface area contributed by atoms with Crippen LogP contribution in [0.1, 0.15) is 12.0 Å². The van der Waals surface area contributed by atoms with Gasteiger partial charge in [-0.2, -0.15) is 0 Å². The summed E-state index contributed by atoms with van der Waals surface area (Å²) < 4.78 is 6.30. The summed E-state index contributed by atoms with van der Waals surface area (Å²) in [6.07, 6.45) is 2.43. The van der Waals surface area contributed by atoms with Crippen molar-refractivity contribution in [2.75, 3.05) is 11.5 Å². The Hall–Kier alpha value is -0.250. The second-order valence-electron chi connectivity index (χ2n) is 2.64. The molecular formula is C10H13IO. The van der Waals surface area contributed by atoms with E-state index in [4.69, 9.17) is 4.74 Å². The molecule has 12 heavy (non-hydrogen) atoms. The molecule has 0 aliphatic rings. The first-order valence-corrected chi connectivity index (χ1v) is 5.58. The molecule has 1 aromatic carbocycles. The summed E-state index contributed by atoms with van der Waals surface area (Å²) in [5.74, 6) is 0.938. The van der Waals surface area contributed by atoms with Gasteiger partial charge in [0.1, 0.15) is 5.75 Å². The highest BCUT2D eigenvalue weighted by atomic mass is 127. The number of methoxy groups -OCH3 is 1. The number of ether oxygens (including phenoxy) is 1. The number of hydrogen-bond donors (Lipinski definition) is 0. The number of halogens is 1. The summed E-state index contributed by atoms with van der Waals surface area (Å²) in [6, 6.07) is 8.29. The summed E-state index contributed by atoms with van der Waals surface area (Å²) >= 11 is 2.40. The molecule has 0 bridgehead atoms. The van der Waals surface area contributed by atoms with E-state index in [2.05, 4.69) is 34.7 Å². The van der Waals surface area contributed by atoms with E-state index >= 15 is 0 Å². The van der Waals surface area contributed by atoms with Crippen LogP contribution < -0.4 is 4.74 Å². The molecule has 0 atom stereocenters. The topological polar surface area (TPSA) is 9.23 Å². The van der Waals surface area contributed by atoms with Crippen molar-refractivity contribution in [3.05, 3.63) is 29.8 Å². The molecule has 1 nitrogen and oxygen atoms in total. The van der Waals surface area contributed by atoms with E-state index in [0.717, 1.165) is 5.75 Å². The third-order valence-corrected chi connectivity index (χ3v) is 2.52. The molecule has 0 N–H and O–H groups in total. The van der Waals surface area contributed by atoms with Crippen LogP contribution in [0.25, 0.3) is 0 Å². The normalized spacial score (nSPS) is 9.83. The Morgan fingerprint density at radius 3 is 2.42 bits per heavy atom. The van der Waals surface area contributed by atoms with Gasteiger partial charge in [0, 0.05) is 0 Å². The third-order valence-electron chi connectivity index (χ3n) is 1.76. The van der Waals surface area contributed by atoms with Gasteiger partial charge in [0.25, 0.3) is 0 Å². The summed E-state index contributed by atoms with van der Waals surface area (Å²) in [7, 11) is 1.69. The minimum Gasteiger partial charge on any atom is -0.497 e. The smallest absolute Gasteiger partial charge is 0.118 e. The Bertz CT molecular complexity index is 218. The summed E-state index contributed by atoms with van der Waals surface area (Å²) in [5, 5.41) is 0. The van der Waals surface area contributed by atoms with Crippen molar-refractivity contribution < 1.29 is 4.74 Å². The summed E-state index contributed by atoms with van der Waals surface area (Å²) in [4.78, 5) is 0. The average molecular weight is 276 g/mol. The van der Waals surface area contributed by atoms with Gasteiger partial charge < -0.3 is 4.74 Å². The molecule has 0 aromatic heterocycles. The predicted octanol–water partition coefficient (Wildman–Crippen LogP) is 3.06. The van der Waals surface area contributed by atoms with Gasteiger partial charge in [-0.1, -0.05) is 34.7 Å². The summed E-state index contributed by atoms with van der Waals surface area (Å²) in [6.45, 7) is 0. The Morgan fingerprint density at radius 2 is 1.92 bits per heavy atom. The second kappa shape index (κ2) is 5.41. The first kappa shape index (κ1) is 9.84. The maximum absolute atomic E-state index is 5.07. The third kappa shape index (κ3) is 3.01. The van der Waals surface area contributed by atoms with Crippen LogP contribution in [0.4, 0.5) is 0 Å². The quantitative estimate of drug-likeness (QED) is 0.606. The standard InChI is InChI=1S/C10H13IO/c1-12-10-6-4-9(5-7-10)3-2-8-11/h4-7H,2-3,8H2,1H3. The molecule has 0 radical (unpaired) electrons. The van der Waals surface area contributed by atoms with E-state index in [-0.39, 0.29) is 0 Å². The minimum atomic E-state index is 0.938. The zero-order valence-corrected chi connectivity index (χ0v) is 9.37. The van der Waals surface area contributed by atoms with Gasteiger partial charge in [-0.15, -0.1) is 0 Å². The van der Waals surface area contributed by atoms with Crippen LogP contribution in [0.15, 0.2) is 24.3 Å². The van der Waals surface area contributed by atoms with Crippen molar-refractivity contribution in [2.24, 2.45) is 0 Å². The molecule has 0 amide bonds. The van der Waals surface area contributed by atoms with E-state index in [1.54, 1.807) is 7.11 Å². The van der Waals surface area contributed by atoms with Gasteiger partial charge >= 0.3 is 0 Å². The van der Waals surface area contributed by atoms with Crippen molar-refractivity contribution in [1.82, 2.24) is 0 Å². The van der Waals surface area contributed by atoms with Gasteiger partial charge in [-0.3, -0.25) is 0 Å². The highest BCUT2D eigenvalue weighted by Crippen LogP contribution is 2.12. The minimum absolute atomic E-state index is 0.938. The van der Waals surface area contributed by atoms with Crippen molar-refractivity contribution in [2.45, 2.75) is 12.8 Å². The first-order chi connectivity index (χ1) is 5.86. The number of hydrogen-bond acceptors (Lipinski definition) is 1. The van der Waals surface area contributed by atoms with Gasteiger partial charge in [0.05, 0.1) is 7.11 Å². The lowest BCUT2D eigenvalue weighted by Crippen LogP contribution is -1.87. The van der Waals surface area contributed by atoms with Crippen LogP contribution in [0, 0.1) is 0 Å². The van der Waals surface area contributed by atoms with E-state index < -0.39 is 0 Å². The molecule has 0 saturated carbocycles. The molecule has 0 saturated heterocycles. The van der Waals surface area contributed by atoms with Gasteiger partial charge in [0.15, 0.2) is 0 Å². The van der Waals surface area contributed by atoms with Gasteiger partial charge in [0.2, 0.25) is 0 Å². The molecule has 0 fully saturated rings. The van der Waals surface area contributed by atoms with Gasteiger partial charge in [-0.05, 0) is 35.0 Å². The lowest BCUT2D eigenvalue weighted by atomic mass is 10.1. The summed E-state index contributed by atoms with van der Waals surface area (Å²) in [5.41, 5.74) is 1.40. The van der Waals surface area contributed by atoms with E-state index in [0.29, 0.717) is 0 Å². The molecule has 1 aromatic rings. The van der Waals surface area contributed by atoms with Crippen molar-refractivity contribution in [3.8, 4) is 5.75 Å². The molecule has 66 valence electrons. The zero-order valence-electron chi connectivity index (χ0n) is 7.22. The lowest BCUT2D eigenvalue weighted by molar-refractivity contribution is 0.414. The number of aryl methyl sites for hydroxylation is 1. The second-order valence-corrected chi connectivity index (χ2v) is 3.72. The van der Waals surface area contributed by atoms with E-state index in [1.807, 2.05) is 12.1 Å². The SMILES string of the molecule is COc1ccc(CCCI)cc1. The van der Waals surface area contributed by atoms with Crippen molar-refractivity contribution in [3.63, 3.8) is 0 Å². The molecule has 0 aliphatic carbocycles. The molecule has 0 heterocycles. The number of rotatable bonds is 4. The molecule has 0 aliphatic heterocycles. The fraction of sp³-hybridized carbons (Fsp3) is 0.400. The molecular weight excluding hydrogens is 263 g/mol. The fourth-order valence-corrected chi connectivity index (χ4v) is 1.44. The van der Waals surface area contributed by atoms with Crippen molar-refractivity contribution in [1.29, 1.82) is 0 Å². The Balaban J connectivity index is 2.53. The highest BCUT2D eigenvalue weighted by molar-refractivity contribution is 14.1. The Labute approximate surface area is 87.3 Å². The molecule has 0 spiro atoms. The number of alkyl halides is 1. The van der Waals surface area contributed by atoms with E-state index in [1.165, 1.54) is 22.8 Å². The molecule has 1 rings (SSSR count). The maximum Gasteiger partial charge on any atom is 0.118 e. The lowest BCUT2D eigenvalue weighted by Gasteiger charge is -2.01. The average Bonchev–Trinajstić information content (AvgIpc) is 2.15. The zero-order chi connectivity index (χ0) is 8.81. The number of benzene rings is 1. The van der Waals surface area contributed by atoms with Crippen LogP contribution in [0.2, 0.25) is 0 Å². The van der Waals surface area contributed by atoms with Gasteiger partial charge in [-0.25, -0.2) is 0 Å². The van der Waals surface area contributed by atoms with Crippen LogP contribution in [-0.4, -0.2) is 11.5 Å². The predicted molar refractivity (Wildman–Crippen MR) is 60.2 cm³/mol. The van der Waals surface area contributed by atoms with Crippen LogP contribution in [0.3, 0.4) is 0 Å². The largest absolute Gasteiger partial charge is 0.497 e.